The van der Waals surface area contributed by atoms with Crippen LogP contribution in [-0.4, -0.2) is 11.5 Å². The molecule has 0 bridgehead atoms. The first-order chi connectivity index (χ1) is 10.6. The van der Waals surface area contributed by atoms with Crippen LogP contribution in [0.2, 0.25) is 0 Å². The molecular weight excluding hydrogens is 285 g/mol. The Kier molecular flexibility index (Phi) is 4.67. The zero-order chi connectivity index (χ0) is 15.9. The Morgan fingerprint density at radius 2 is 1.82 bits per heavy atom. The second-order valence-corrected chi connectivity index (χ2v) is 4.13. The van der Waals surface area contributed by atoms with Crippen LogP contribution in [0, 0.1) is 22.6 Å². The normalized spacial score (nSPS) is 10.6. The van der Waals surface area contributed by atoms with Crippen molar-refractivity contribution in [3.63, 3.8) is 0 Å². The third-order valence-corrected chi connectivity index (χ3v) is 2.59. The number of amidine groups is 1. The van der Waals surface area contributed by atoms with Crippen molar-refractivity contribution >= 4 is 17.2 Å². The first-order valence-electron chi connectivity index (χ1n) is 6.21. The van der Waals surface area contributed by atoms with Gasteiger partial charge in [-0.2, -0.15) is 10.4 Å². The molecule has 0 saturated carbocycles. The van der Waals surface area contributed by atoms with Gasteiger partial charge in [0.1, 0.15) is 6.07 Å². The molecule has 6 nitrogen and oxygen atoms in total. The summed E-state index contributed by atoms with van der Waals surface area (Å²) in [5, 5.41) is 19.7. The van der Waals surface area contributed by atoms with Crippen molar-refractivity contribution in [2.75, 3.05) is 5.43 Å². The number of hydrogen-bond acceptors (Lipinski definition) is 5. The summed E-state index contributed by atoms with van der Waals surface area (Å²) in [7, 11) is 0. The van der Waals surface area contributed by atoms with Crippen molar-refractivity contribution in [2.24, 2.45) is 10.8 Å². The Hall–Kier alpha value is -3.40. The van der Waals surface area contributed by atoms with E-state index in [2.05, 4.69) is 10.5 Å². The van der Waals surface area contributed by atoms with E-state index in [4.69, 9.17) is 21.1 Å². The number of ether oxygens (including phenoxy) is 1. The first-order valence-corrected chi connectivity index (χ1v) is 6.21. The molecule has 0 aliphatic rings. The fourth-order valence-electron chi connectivity index (χ4n) is 1.56. The molecule has 7 heteroatoms. The van der Waals surface area contributed by atoms with Gasteiger partial charge in [0, 0.05) is 0 Å². The lowest BCUT2D eigenvalue weighted by Crippen LogP contribution is -2.21. The molecule has 4 N–H and O–H groups in total. The van der Waals surface area contributed by atoms with Crippen molar-refractivity contribution < 1.29 is 9.13 Å². The molecule has 22 heavy (non-hydrogen) atoms. The van der Waals surface area contributed by atoms with Crippen LogP contribution in [0.25, 0.3) is 0 Å². The van der Waals surface area contributed by atoms with E-state index in [-0.39, 0.29) is 11.5 Å². The molecule has 0 spiro atoms. The van der Waals surface area contributed by atoms with E-state index in [1.165, 1.54) is 12.1 Å². The number of nitrogens with zero attached hydrogens (tertiary/aromatic N) is 2. The number of halogens is 1. The minimum Gasteiger partial charge on any atom is -0.452 e. The van der Waals surface area contributed by atoms with Crippen LogP contribution in [0.4, 0.5) is 10.1 Å². The van der Waals surface area contributed by atoms with Gasteiger partial charge in [0.25, 0.3) is 0 Å². The standard InChI is InChI=1S/C15H12FN5O/c16-10-5-1-3-7-13(10)22-14-8-4-2-6-11(14)20-21-12(9-17)15(18)19/h1-8,20H,(H3,18,19)/b21-12+. The van der Waals surface area contributed by atoms with Gasteiger partial charge >= 0.3 is 0 Å². The smallest absolute Gasteiger partial charge is 0.201 e. The van der Waals surface area contributed by atoms with Gasteiger partial charge in [-0.25, -0.2) is 4.39 Å². The Balaban J connectivity index is 2.26. The minimum absolute atomic E-state index is 0.0628. The predicted octanol–water partition coefficient (Wildman–Crippen LogP) is 2.85. The number of para-hydroxylation sites is 3. The average molecular weight is 297 g/mol. The Bertz CT molecular complexity index is 767. The Morgan fingerprint density at radius 3 is 2.45 bits per heavy atom. The van der Waals surface area contributed by atoms with Crippen molar-refractivity contribution in [3.8, 4) is 17.6 Å². The number of nitrogens with two attached hydrogens (primary N) is 1. The maximum absolute atomic E-state index is 13.6. The van der Waals surface area contributed by atoms with E-state index in [9.17, 15) is 4.39 Å². The van der Waals surface area contributed by atoms with Crippen LogP contribution in [0.3, 0.4) is 0 Å². The largest absolute Gasteiger partial charge is 0.452 e. The minimum atomic E-state index is -0.498. The van der Waals surface area contributed by atoms with Crippen LogP contribution in [-0.2, 0) is 0 Å². The second kappa shape index (κ2) is 6.85. The van der Waals surface area contributed by atoms with Crippen LogP contribution in [0.1, 0.15) is 0 Å². The van der Waals surface area contributed by atoms with Gasteiger partial charge in [-0.1, -0.05) is 24.3 Å². The van der Waals surface area contributed by atoms with Gasteiger partial charge in [-0.3, -0.25) is 10.8 Å². The number of benzene rings is 2. The van der Waals surface area contributed by atoms with E-state index in [1.54, 1.807) is 42.5 Å². The van der Waals surface area contributed by atoms with E-state index in [0.717, 1.165) is 0 Å². The number of rotatable bonds is 5. The second-order valence-electron chi connectivity index (χ2n) is 4.13. The van der Waals surface area contributed by atoms with E-state index in [0.29, 0.717) is 11.4 Å². The molecule has 0 fully saturated rings. The van der Waals surface area contributed by atoms with E-state index in [1.807, 2.05) is 0 Å². The van der Waals surface area contributed by atoms with Gasteiger partial charge in [-0.05, 0) is 24.3 Å². The molecule has 0 heterocycles. The SMILES string of the molecule is N#C/C(=N\Nc1ccccc1Oc1ccccc1F)C(=N)N. The topological polar surface area (TPSA) is 107 Å². The summed E-state index contributed by atoms with van der Waals surface area (Å²) in [6.07, 6.45) is 0. The summed E-state index contributed by atoms with van der Waals surface area (Å²) < 4.78 is 19.1. The third-order valence-electron chi connectivity index (χ3n) is 2.59. The average Bonchev–Trinajstić information content (AvgIpc) is 2.51. The lowest BCUT2D eigenvalue weighted by atomic mass is 10.3. The van der Waals surface area contributed by atoms with Crippen molar-refractivity contribution in [3.05, 3.63) is 54.3 Å². The number of nitrogens with one attached hydrogen (secondary N) is 2. The summed E-state index contributed by atoms with van der Waals surface area (Å²) >= 11 is 0. The molecule has 0 aromatic heterocycles. The number of nitriles is 1. The molecule has 0 amide bonds. The Labute approximate surface area is 126 Å². The lowest BCUT2D eigenvalue weighted by molar-refractivity contribution is 0.444. The quantitative estimate of drug-likeness (QED) is 0.448. The van der Waals surface area contributed by atoms with Crippen LogP contribution < -0.4 is 15.9 Å². The summed E-state index contributed by atoms with van der Waals surface area (Å²) in [6.45, 7) is 0. The van der Waals surface area contributed by atoms with Crippen LogP contribution in [0.5, 0.6) is 11.5 Å². The van der Waals surface area contributed by atoms with Gasteiger partial charge in [0.15, 0.2) is 23.2 Å². The van der Waals surface area contributed by atoms with Gasteiger partial charge in [-0.15, -0.1) is 0 Å². The predicted molar refractivity (Wildman–Crippen MR) is 81.5 cm³/mol. The highest BCUT2D eigenvalue weighted by Gasteiger charge is 2.08. The van der Waals surface area contributed by atoms with Gasteiger partial charge in [0.2, 0.25) is 5.71 Å². The summed E-state index contributed by atoms with van der Waals surface area (Å²) in [6, 6.07) is 14.3. The summed E-state index contributed by atoms with van der Waals surface area (Å²) in [4.78, 5) is 0. The van der Waals surface area contributed by atoms with E-state index < -0.39 is 11.7 Å². The highest BCUT2D eigenvalue weighted by atomic mass is 19.1. The lowest BCUT2D eigenvalue weighted by Gasteiger charge is -2.11. The molecule has 0 unspecified atom stereocenters. The third kappa shape index (κ3) is 3.58. The molecule has 0 aliphatic carbocycles. The molecule has 0 radical (unpaired) electrons. The summed E-state index contributed by atoms with van der Waals surface area (Å²) in [5.41, 5.74) is 7.92. The highest BCUT2D eigenvalue weighted by molar-refractivity contribution is 6.45. The zero-order valence-electron chi connectivity index (χ0n) is 11.4. The summed E-state index contributed by atoms with van der Waals surface area (Å²) in [5.74, 6) is -0.574. The van der Waals surface area contributed by atoms with Gasteiger partial charge in [0.05, 0.1) is 5.69 Å². The molecule has 0 atom stereocenters. The van der Waals surface area contributed by atoms with Gasteiger partial charge < -0.3 is 10.5 Å². The highest BCUT2D eigenvalue weighted by Crippen LogP contribution is 2.30. The fraction of sp³-hybridized carbons (Fsp3) is 0. The molecular formula is C15H12FN5O. The maximum atomic E-state index is 13.6. The first kappa shape index (κ1) is 15.0. The van der Waals surface area contributed by atoms with Crippen molar-refractivity contribution in [1.29, 1.82) is 10.7 Å². The fourth-order valence-corrected chi connectivity index (χ4v) is 1.56. The van der Waals surface area contributed by atoms with Crippen LogP contribution in [0.15, 0.2) is 53.6 Å². The van der Waals surface area contributed by atoms with E-state index >= 15 is 0 Å². The molecule has 0 saturated heterocycles. The molecule has 2 rings (SSSR count). The molecule has 2 aromatic carbocycles. The van der Waals surface area contributed by atoms with Crippen molar-refractivity contribution in [2.45, 2.75) is 0 Å². The van der Waals surface area contributed by atoms with Crippen LogP contribution >= 0.6 is 0 Å². The molecule has 2 aromatic rings. The number of anilines is 1. The zero-order valence-corrected chi connectivity index (χ0v) is 11.4. The number of hydrazone groups is 1. The molecule has 110 valence electrons. The Morgan fingerprint density at radius 1 is 1.18 bits per heavy atom. The number of hydrogen-bond donors (Lipinski definition) is 3. The maximum Gasteiger partial charge on any atom is 0.201 e. The monoisotopic (exact) mass is 297 g/mol. The molecule has 0 aliphatic heterocycles. The van der Waals surface area contributed by atoms with Crippen molar-refractivity contribution in [1.82, 2.24) is 0 Å².